The predicted octanol–water partition coefficient (Wildman–Crippen LogP) is 3.20. The highest BCUT2D eigenvalue weighted by Gasteiger charge is 2.13. The van der Waals surface area contributed by atoms with Crippen LogP contribution in [0.3, 0.4) is 0 Å². The van der Waals surface area contributed by atoms with Gasteiger partial charge >= 0.3 is 0 Å². The molecule has 0 aliphatic heterocycles. The Morgan fingerprint density at radius 2 is 2.30 bits per heavy atom. The molecule has 1 aromatic carbocycles. The fourth-order valence-electron chi connectivity index (χ4n) is 2.05. The molecular weight excluding hydrogens is 294 g/mol. The van der Waals surface area contributed by atoms with Crippen LogP contribution in [0.2, 0.25) is 0 Å². The van der Waals surface area contributed by atoms with Gasteiger partial charge in [0, 0.05) is 11.8 Å². The van der Waals surface area contributed by atoms with E-state index >= 15 is 0 Å². The van der Waals surface area contributed by atoms with E-state index in [0.29, 0.717) is 18.2 Å². The summed E-state index contributed by atoms with van der Waals surface area (Å²) in [5.74, 6) is 6.81. The quantitative estimate of drug-likeness (QED) is 0.725. The summed E-state index contributed by atoms with van der Waals surface area (Å²) in [5, 5.41) is 10.4. The third-order valence-corrected chi connectivity index (χ3v) is 3.12. The first-order valence-electron chi connectivity index (χ1n) is 7.19. The van der Waals surface area contributed by atoms with Crippen molar-refractivity contribution in [2.45, 2.75) is 13.3 Å². The summed E-state index contributed by atoms with van der Waals surface area (Å²) in [6.07, 6.45) is 2.24. The van der Waals surface area contributed by atoms with Gasteiger partial charge in [0.15, 0.2) is 11.6 Å². The molecule has 6 heteroatoms. The van der Waals surface area contributed by atoms with Crippen molar-refractivity contribution < 1.29 is 13.9 Å². The summed E-state index contributed by atoms with van der Waals surface area (Å²) in [6.45, 7) is 2.31. The molecule has 0 aliphatic rings. The van der Waals surface area contributed by atoms with Crippen molar-refractivity contribution in [3.63, 3.8) is 0 Å². The van der Waals surface area contributed by atoms with Crippen LogP contribution in [0.5, 0.6) is 5.75 Å². The van der Waals surface area contributed by atoms with Crippen molar-refractivity contribution >= 4 is 22.6 Å². The molecule has 0 bridgehead atoms. The lowest BCUT2D eigenvalue weighted by atomic mass is 10.2. The van der Waals surface area contributed by atoms with E-state index in [9.17, 15) is 4.79 Å². The molecule has 0 saturated carbocycles. The number of hydrogen-bond donors (Lipinski definition) is 2. The van der Waals surface area contributed by atoms with Crippen LogP contribution in [0.25, 0.3) is 10.9 Å². The molecule has 2 heterocycles. The average Bonchev–Trinajstić information content (AvgIpc) is 3.22. The topological polar surface area (TPSA) is 80.1 Å². The van der Waals surface area contributed by atoms with E-state index in [-0.39, 0.29) is 11.7 Å². The van der Waals surface area contributed by atoms with E-state index < -0.39 is 0 Å². The lowest BCUT2D eigenvalue weighted by molar-refractivity contribution is 0.0996. The Balaban J connectivity index is 1.79. The number of aromatic amines is 1. The van der Waals surface area contributed by atoms with Crippen molar-refractivity contribution in [3.05, 3.63) is 42.4 Å². The largest absolute Gasteiger partial charge is 0.481 e. The number of aromatic nitrogens is 2. The van der Waals surface area contributed by atoms with Gasteiger partial charge in [0.2, 0.25) is 0 Å². The molecule has 0 spiro atoms. The molecule has 0 saturated heterocycles. The summed E-state index contributed by atoms with van der Waals surface area (Å²) < 4.78 is 10.6. The van der Waals surface area contributed by atoms with Gasteiger partial charge in [0.25, 0.3) is 5.91 Å². The third-order valence-electron chi connectivity index (χ3n) is 3.12. The first-order valence-corrected chi connectivity index (χ1v) is 7.19. The Bertz CT molecular complexity index is 870. The minimum atomic E-state index is -0.358. The number of rotatable bonds is 4. The van der Waals surface area contributed by atoms with Gasteiger partial charge in [-0.3, -0.25) is 9.89 Å². The zero-order chi connectivity index (χ0) is 16.1. The number of ether oxygens (including phenoxy) is 1. The monoisotopic (exact) mass is 309 g/mol. The second kappa shape index (κ2) is 6.71. The minimum Gasteiger partial charge on any atom is -0.481 e. The molecule has 1 amide bonds. The number of furan rings is 1. The third kappa shape index (κ3) is 3.35. The van der Waals surface area contributed by atoms with E-state index in [2.05, 4.69) is 27.4 Å². The fourth-order valence-corrected chi connectivity index (χ4v) is 2.05. The highest BCUT2D eigenvalue weighted by atomic mass is 16.5. The van der Waals surface area contributed by atoms with Crippen molar-refractivity contribution in [1.29, 1.82) is 0 Å². The van der Waals surface area contributed by atoms with Crippen LogP contribution in [0.4, 0.5) is 5.82 Å². The van der Waals surface area contributed by atoms with E-state index in [4.69, 9.17) is 9.15 Å². The number of amides is 1. The molecule has 0 aliphatic carbocycles. The summed E-state index contributed by atoms with van der Waals surface area (Å²) in [5.41, 5.74) is 0.798. The number of carbonyl (C=O) groups is 1. The maximum atomic E-state index is 12.0. The molecule has 2 aromatic heterocycles. The average molecular weight is 309 g/mol. The van der Waals surface area contributed by atoms with E-state index in [1.54, 1.807) is 12.1 Å². The number of fused-ring (bicyclic) bond motifs is 1. The molecule has 116 valence electrons. The van der Waals surface area contributed by atoms with Gasteiger partial charge in [0.05, 0.1) is 11.8 Å². The maximum absolute atomic E-state index is 12.0. The van der Waals surface area contributed by atoms with Crippen LogP contribution in [0.1, 0.15) is 23.9 Å². The summed E-state index contributed by atoms with van der Waals surface area (Å²) in [4.78, 5) is 12.0. The van der Waals surface area contributed by atoms with Gasteiger partial charge in [-0.1, -0.05) is 12.8 Å². The van der Waals surface area contributed by atoms with E-state index in [0.717, 1.165) is 17.3 Å². The number of nitrogens with one attached hydrogen (secondary N) is 2. The number of H-pyrrole nitrogens is 1. The molecule has 0 fully saturated rings. The highest BCUT2D eigenvalue weighted by molar-refractivity contribution is 6.06. The van der Waals surface area contributed by atoms with Crippen LogP contribution >= 0.6 is 0 Å². The molecule has 3 rings (SSSR count). The SMILES string of the molecule is CCC#CCOc1ccc2[nH]nc(NC(=O)c3ccco3)c2c1. The fraction of sp³-hybridized carbons (Fsp3) is 0.176. The van der Waals surface area contributed by atoms with E-state index in [1.807, 2.05) is 25.1 Å². The second-order valence-corrected chi connectivity index (χ2v) is 4.71. The number of anilines is 1. The number of benzene rings is 1. The Kier molecular flexibility index (Phi) is 4.29. The molecule has 0 radical (unpaired) electrons. The molecular formula is C17H15N3O3. The predicted molar refractivity (Wildman–Crippen MR) is 86.3 cm³/mol. The molecule has 3 aromatic rings. The molecule has 0 unspecified atom stereocenters. The van der Waals surface area contributed by atoms with Crippen LogP contribution in [0, 0.1) is 11.8 Å². The van der Waals surface area contributed by atoms with Gasteiger partial charge in [0.1, 0.15) is 12.4 Å². The molecule has 2 N–H and O–H groups in total. The normalized spacial score (nSPS) is 10.1. The van der Waals surface area contributed by atoms with Crippen molar-refractivity contribution in [3.8, 4) is 17.6 Å². The lowest BCUT2D eigenvalue weighted by Gasteiger charge is -2.03. The first kappa shape index (κ1) is 14.7. The Hall–Kier alpha value is -3.20. The van der Waals surface area contributed by atoms with Gasteiger partial charge in [-0.25, -0.2) is 0 Å². The van der Waals surface area contributed by atoms with Crippen molar-refractivity contribution in [1.82, 2.24) is 10.2 Å². The zero-order valence-electron chi connectivity index (χ0n) is 12.6. The molecule has 0 atom stereocenters. The van der Waals surface area contributed by atoms with Crippen LogP contribution in [0.15, 0.2) is 41.0 Å². The maximum Gasteiger partial charge on any atom is 0.292 e. The standard InChI is InChI=1S/C17H15N3O3/c1-2-3-4-9-22-12-7-8-14-13(11-12)16(20-19-14)18-17(21)15-6-5-10-23-15/h5-8,10-11H,2,9H2,1H3,(H2,18,19,20,21). The summed E-state index contributed by atoms with van der Waals surface area (Å²) >= 11 is 0. The number of nitrogens with zero attached hydrogens (tertiary/aromatic N) is 1. The number of carbonyl (C=O) groups excluding carboxylic acids is 1. The van der Waals surface area contributed by atoms with Crippen LogP contribution in [-0.4, -0.2) is 22.7 Å². The first-order chi connectivity index (χ1) is 11.3. The zero-order valence-corrected chi connectivity index (χ0v) is 12.6. The van der Waals surface area contributed by atoms with E-state index in [1.165, 1.54) is 6.26 Å². The highest BCUT2D eigenvalue weighted by Crippen LogP contribution is 2.25. The van der Waals surface area contributed by atoms with Gasteiger partial charge < -0.3 is 14.5 Å². The van der Waals surface area contributed by atoms with Crippen LogP contribution < -0.4 is 10.1 Å². The van der Waals surface area contributed by atoms with Crippen molar-refractivity contribution in [2.75, 3.05) is 11.9 Å². The smallest absolute Gasteiger partial charge is 0.292 e. The van der Waals surface area contributed by atoms with Gasteiger partial charge in [-0.15, -0.1) is 5.92 Å². The number of hydrogen-bond acceptors (Lipinski definition) is 4. The summed E-state index contributed by atoms with van der Waals surface area (Å²) in [6, 6.07) is 8.72. The second-order valence-electron chi connectivity index (χ2n) is 4.71. The van der Waals surface area contributed by atoms with Crippen LogP contribution in [-0.2, 0) is 0 Å². The Morgan fingerprint density at radius 1 is 1.39 bits per heavy atom. The molecule has 23 heavy (non-hydrogen) atoms. The van der Waals surface area contributed by atoms with Crippen molar-refractivity contribution in [2.24, 2.45) is 0 Å². The summed E-state index contributed by atoms with van der Waals surface area (Å²) in [7, 11) is 0. The minimum absolute atomic E-state index is 0.225. The lowest BCUT2D eigenvalue weighted by Crippen LogP contribution is -2.11. The Morgan fingerprint density at radius 3 is 3.09 bits per heavy atom. The molecule has 6 nitrogen and oxygen atoms in total. The van der Waals surface area contributed by atoms with Gasteiger partial charge in [-0.05, 0) is 30.3 Å². The van der Waals surface area contributed by atoms with Gasteiger partial charge in [-0.2, -0.15) is 5.10 Å². The Labute approximate surface area is 132 Å².